The lowest BCUT2D eigenvalue weighted by Crippen LogP contribution is -2.24. The normalized spacial score (nSPS) is 18.4. The summed E-state index contributed by atoms with van der Waals surface area (Å²) < 4.78 is 11.1. The molecule has 0 radical (unpaired) electrons. The largest absolute Gasteiger partial charge is 0.399 e. The molecule has 2 rings (SSSR count). The van der Waals surface area contributed by atoms with Crippen molar-refractivity contribution in [2.45, 2.75) is 38.2 Å². The lowest BCUT2D eigenvalue weighted by Gasteiger charge is -2.22. The summed E-state index contributed by atoms with van der Waals surface area (Å²) in [5, 5.41) is 2.82. The third-order valence-electron chi connectivity index (χ3n) is 3.44. The molecule has 1 aliphatic rings. The Kier molecular flexibility index (Phi) is 6.50. The highest BCUT2D eigenvalue weighted by Gasteiger charge is 2.13. The van der Waals surface area contributed by atoms with Gasteiger partial charge in [0.1, 0.15) is 0 Å². The Morgan fingerprint density at radius 1 is 1.43 bits per heavy atom. The van der Waals surface area contributed by atoms with Gasteiger partial charge in [0.2, 0.25) is 5.91 Å². The number of nitrogens with two attached hydrogens (primary N) is 1. The molecule has 1 heterocycles. The van der Waals surface area contributed by atoms with E-state index in [0.29, 0.717) is 31.7 Å². The van der Waals surface area contributed by atoms with Crippen LogP contribution in [-0.2, 0) is 14.3 Å². The molecule has 21 heavy (non-hydrogen) atoms. The monoisotopic (exact) mass is 292 g/mol. The van der Waals surface area contributed by atoms with Crippen LogP contribution in [0.15, 0.2) is 24.3 Å². The van der Waals surface area contributed by atoms with E-state index in [1.807, 2.05) is 12.1 Å². The summed E-state index contributed by atoms with van der Waals surface area (Å²) >= 11 is 0. The Balaban J connectivity index is 1.54. The number of nitrogen functional groups attached to an aromatic ring is 1. The van der Waals surface area contributed by atoms with Gasteiger partial charge in [0, 0.05) is 31.0 Å². The van der Waals surface area contributed by atoms with E-state index >= 15 is 0 Å². The molecule has 1 aromatic carbocycles. The van der Waals surface area contributed by atoms with E-state index in [-0.39, 0.29) is 12.0 Å². The molecule has 1 aliphatic heterocycles. The highest BCUT2D eigenvalue weighted by molar-refractivity contribution is 5.91. The fourth-order valence-corrected chi connectivity index (χ4v) is 2.33. The zero-order valence-electron chi connectivity index (χ0n) is 12.3. The molecular weight excluding hydrogens is 268 g/mol. The Morgan fingerprint density at radius 2 is 2.33 bits per heavy atom. The molecular formula is C16H24N2O3. The number of nitrogens with one attached hydrogen (secondary N) is 1. The molecule has 1 atom stereocenters. The first-order valence-corrected chi connectivity index (χ1v) is 7.59. The van der Waals surface area contributed by atoms with E-state index in [0.717, 1.165) is 25.1 Å². The molecule has 3 N–H and O–H groups in total. The molecule has 1 saturated heterocycles. The number of carbonyl (C=O) groups excluding carboxylic acids is 1. The van der Waals surface area contributed by atoms with Gasteiger partial charge in [-0.3, -0.25) is 4.79 Å². The lowest BCUT2D eigenvalue weighted by atomic mass is 10.1. The van der Waals surface area contributed by atoms with Gasteiger partial charge in [0.25, 0.3) is 0 Å². The predicted molar refractivity (Wildman–Crippen MR) is 83.1 cm³/mol. The second-order valence-corrected chi connectivity index (χ2v) is 5.34. The van der Waals surface area contributed by atoms with Gasteiger partial charge in [-0.2, -0.15) is 0 Å². The van der Waals surface area contributed by atoms with Crippen molar-refractivity contribution in [2.24, 2.45) is 0 Å². The van der Waals surface area contributed by atoms with Crippen LogP contribution < -0.4 is 11.1 Å². The molecule has 1 unspecified atom stereocenters. The molecule has 1 fully saturated rings. The fourth-order valence-electron chi connectivity index (χ4n) is 2.33. The maximum Gasteiger partial charge on any atom is 0.224 e. The fraction of sp³-hybridized carbons (Fsp3) is 0.562. The molecule has 5 nitrogen and oxygen atoms in total. The minimum Gasteiger partial charge on any atom is -0.399 e. The van der Waals surface area contributed by atoms with Crippen molar-refractivity contribution >= 4 is 17.3 Å². The summed E-state index contributed by atoms with van der Waals surface area (Å²) in [5.41, 5.74) is 7.04. The first-order valence-electron chi connectivity index (χ1n) is 7.59. The van der Waals surface area contributed by atoms with Gasteiger partial charge < -0.3 is 20.5 Å². The number of benzene rings is 1. The summed E-state index contributed by atoms with van der Waals surface area (Å²) in [6, 6.07) is 7.18. The first-order chi connectivity index (χ1) is 10.2. The summed E-state index contributed by atoms with van der Waals surface area (Å²) in [6.07, 6.45) is 4.84. The van der Waals surface area contributed by atoms with Crippen molar-refractivity contribution in [2.75, 3.05) is 30.9 Å². The molecule has 0 aromatic heterocycles. The molecule has 5 heteroatoms. The van der Waals surface area contributed by atoms with Crippen LogP contribution in [0.4, 0.5) is 11.4 Å². The third kappa shape index (κ3) is 6.14. The second kappa shape index (κ2) is 8.64. The van der Waals surface area contributed by atoms with E-state index in [4.69, 9.17) is 15.2 Å². The molecule has 0 aliphatic carbocycles. The van der Waals surface area contributed by atoms with Crippen LogP contribution in [0, 0.1) is 0 Å². The average Bonchev–Trinajstić information content (AvgIpc) is 2.48. The van der Waals surface area contributed by atoms with Crippen molar-refractivity contribution < 1.29 is 14.3 Å². The number of hydrogen-bond donors (Lipinski definition) is 2. The average molecular weight is 292 g/mol. The maximum atomic E-state index is 11.8. The summed E-state index contributed by atoms with van der Waals surface area (Å²) in [7, 11) is 0. The summed E-state index contributed by atoms with van der Waals surface area (Å²) in [6.45, 7) is 2.07. The zero-order valence-corrected chi connectivity index (χ0v) is 12.3. The van der Waals surface area contributed by atoms with Gasteiger partial charge in [0.05, 0.1) is 12.7 Å². The van der Waals surface area contributed by atoms with Gasteiger partial charge in [0.15, 0.2) is 0 Å². The van der Waals surface area contributed by atoms with Crippen molar-refractivity contribution in [1.29, 1.82) is 0 Å². The maximum absolute atomic E-state index is 11.8. The summed E-state index contributed by atoms with van der Waals surface area (Å²) in [5.74, 6) is -0.0156. The molecule has 0 spiro atoms. The quantitative estimate of drug-likeness (QED) is 0.598. The highest BCUT2D eigenvalue weighted by Crippen LogP contribution is 2.13. The van der Waals surface area contributed by atoms with E-state index < -0.39 is 0 Å². The Morgan fingerprint density at radius 3 is 3.10 bits per heavy atom. The SMILES string of the molecule is Nc1cccc(NC(=O)CCCOCC2CCCCO2)c1. The van der Waals surface area contributed by atoms with Crippen molar-refractivity contribution in [3.8, 4) is 0 Å². The van der Waals surface area contributed by atoms with Gasteiger partial charge in [-0.25, -0.2) is 0 Å². The third-order valence-corrected chi connectivity index (χ3v) is 3.44. The van der Waals surface area contributed by atoms with E-state index in [1.165, 1.54) is 6.42 Å². The number of anilines is 2. The minimum atomic E-state index is -0.0156. The number of ether oxygens (including phenoxy) is 2. The van der Waals surface area contributed by atoms with E-state index in [1.54, 1.807) is 12.1 Å². The van der Waals surface area contributed by atoms with Crippen LogP contribution in [0.25, 0.3) is 0 Å². The Bertz CT molecular complexity index is 445. The van der Waals surface area contributed by atoms with Gasteiger partial charge >= 0.3 is 0 Å². The predicted octanol–water partition coefficient (Wildman–Crippen LogP) is 2.57. The number of amides is 1. The van der Waals surface area contributed by atoms with Crippen LogP contribution >= 0.6 is 0 Å². The standard InChI is InChI=1S/C16H24N2O3/c17-13-5-3-6-14(11-13)18-16(19)8-4-9-20-12-15-7-1-2-10-21-15/h3,5-6,11,15H,1-2,4,7-10,12,17H2,(H,18,19). The molecule has 1 aromatic rings. The Labute approximate surface area is 125 Å². The minimum absolute atomic E-state index is 0.0156. The lowest BCUT2D eigenvalue weighted by molar-refractivity contribution is -0.116. The first kappa shape index (κ1) is 15.8. The van der Waals surface area contributed by atoms with Crippen LogP contribution in [0.1, 0.15) is 32.1 Å². The van der Waals surface area contributed by atoms with Crippen LogP contribution in [0.5, 0.6) is 0 Å². The van der Waals surface area contributed by atoms with E-state index in [2.05, 4.69) is 5.32 Å². The molecule has 0 saturated carbocycles. The van der Waals surface area contributed by atoms with Crippen LogP contribution in [-0.4, -0.2) is 31.8 Å². The number of hydrogen-bond acceptors (Lipinski definition) is 4. The smallest absolute Gasteiger partial charge is 0.224 e. The van der Waals surface area contributed by atoms with Crippen molar-refractivity contribution in [1.82, 2.24) is 0 Å². The second-order valence-electron chi connectivity index (χ2n) is 5.34. The van der Waals surface area contributed by atoms with Crippen molar-refractivity contribution in [3.05, 3.63) is 24.3 Å². The molecule has 1 amide bonds. The molecule has 116 valence electrons. The van der Waals surface area contributed by atoms with Crippen molar-refractivity contribution in [3.63, 3.8) is 0 Å². The summed E-state index contributed by atoms with van der Waals surface area (Å²) in [4.78, 5) is 11.8. The number of carbonyl (C=O) groups is 1. The van der Waals surface area contributed by atoms with Gasteiger partial charge in [-0.15, -0.1) is 0 Å². The van der Waals surface area contributed by atoms with Gasteiger partial charge in [-0.1, -0.05) is 6.07 Å². The van der Waals surface area contributed by atoms with Crippen LogP contribution in [0.3, 0.4) is 0 Å². The highest BCUT2D eigenvalue weighted by atomic mass is 16.5. The van der Waals surface area contributed by atoms with Gasteiger partial charge in [-0.05, 0) is 43.9 Å². The van der Waals surface area contributed by atoms with Crippen LogP contribution in [0.2, 0.25) is 0 Å². The molecule has 0 bridgehead atoms. The number of rotatable bonds is 7. The Hall–Kier alpha value is -1.59. The van der Waals surface area contributed by atoms with E-state index in [9.17, 15) is 4.79 Å². The zero-order chi connectivity index (χ0) is 14.9. The topological polar surface area (TPSA) is 73.6 Å².